The van der Waals surface area contributed by atoms with E-state index in [1.165, 1.54) is 12.2 Å². The van der Waals surface area contributed by atoms with E-state index in [0.717, 1.165) is 24.1 Å². The Morgan fingerprint density at radius 1 is 1.32 bits per heavy atom. The number of aryl methyl sites for hydroxylation is 1. The molecule has 0 saturated heterocycles. The normalized spacial score (nSPS) is 12.6. The first-order valence-corrected chi connectivity index (χ1v) is 7.24. The standard InChI is InChI=1S/C17H16FN3O4/c1-11-5-7-12(8-6-11)16(24)19-15-13(18)10-21(17(25)20-15)14(23)4-2-3-9-22/h2-10,14,22-23H,1H3,(H,19,20,24,25)/b4-2-,9-3+. The number of allylic oxidation sites excluding steroid dienone is 2. The molecule has 0 fully saturated rings. The van der Waals surface area contributed by atoms with Gasteiger partial charge in [0.2, 0.25) is 0 Å². The van der Waals surface area contributed by atoms with Crippen LogP contribution in [0, 0.1) is 12.7 Å². The zero-order valence-corrected chi connectivity index (χ0v) is 13.3. The fourth-order valence-corrected chi connectivity index (χ4v) is 1.91. The summed E-state index contributed by atoms with van der Waals surface area (Å²) in [5, 5.41) is 20.5. The van der Waals surface area contributed by atoms with E-state index < -0.39 is 29.5 Å². The minimum atomic E-state index is -1.48. The molecule has 0 spiro atoms. The Morgan fingerprint density at radius 2 is 2.00 bits per heavy atom. The highest BCUT2D eigenvalue weighted by atomic mass is 19.1. The second-order valence-corrected chi connectivity index (χ2v) is 5.09. The van der Waals surface area contributed by atoms with E-state index in [1.54, 1.807) is 24.3 Å². The summed E-state index contributed by atoms with van der Waals surface area (Å²) in [5.74, 6) is -2.12. The van der Waals surface area contributed by atoms with Gasteiger partial charge in [-0.3, -0.25) is 9.36 Å². The predicted molar refractivity (Wildman–Crippen MR) is 89.8 cm³/mol. The van der Waals surface area contributed by atoms with Crippen LogP contribution in [-0.2, 0) is 0 Å². The number of halogens is 1. The van der Waals surface area contributed by atoms with Gasteiger partial charge in [-0.2, -0.15) is 4.98 Å². The van der Waals surface area contributed by atoms with Crippen LogP contribution in [0.3, 0.4) is 0 Å². The fraction of sp³-hybridized carbons (Fsp3) is 0.118. The van der Waals surface area contributed by atoms with Gasteiger partial charge in [-0.05, 0) is 31.2 Å². The lowest BCUT2D eigenvalue weighted by Crippen LogP contribution is -2.28. The van der Waals surface area contributed by atoms with Gasteiger partial charge in [-0.15, -0.1) is 0 Å². The molecule has 8 heteroatoms. The summed E-state index contributed by atoms with van der Waals surface area (Å²) in [6, 6.07) is 6.57. The third-order valence-corrected chi connectivity index (χ3v) is 3.22. The first kappa shape index (κ1) is 18.1. The maximum absolute atomic E-state index is 14.1. The van der Waals surface area contributed by atoms with Crippen molar-refractivity contribution < 1.29 is 19.4 Å². The smallest absolute Gasteiger partial charge is 0.352 e. The predicted octanol–water partition coefficient (Wildman–Crippen LogP) is 2.06. The number of hydrogen-bond donors (Lipinski definition) is 3. The SMILES string of the molecule is Cc1ccc(C(=O)Nc2nc(=O)n(C(O)/C=C\C=C\O)cc2F)cc1. The van der Waals surface area contributed by atoms with Crippen LogP contribution in [0.25, 0.3) is 0 Å². The lowest BCUT2D eigenvalue weighted by molar-refractivity contribution is 0.102. The summed E-state index contributed by atoms with van der Waals surface area (Å²) in [6.07, 6.45) is 3.59. The lowest BCUT2D eigenvalue weighted by atomic mass is 10.1. The van der Waals surface area contributed by atoms with Crippen LogP contribution in [0.4, 0.5) is 10.2 Å². The van der Waals surface area contributed by atoms with Crippen molar-refractivity contribution in [2.75, 3.05) is 5.32 Å². The van der Waals surface area contributed by atoms with Gasteiger partial charge < -0.3 is 15.5 Å². The summed E-state index contributed by atoms with van der Waals surface area (Å²) in [4.78, 5) is 27.4. The Bertz CT molecular complexity index is 872. The van der Waals surface area contributed by atoms with E-state index in [4.69, 9.17) is 5.11 Å². The number of nitrogens with zero attached hydrogens (tertiary/aromatic N) is 2. The van der Waals surface area contributed by atoms with E-state index in [2.05, 4.69) is 10.3 Å². The molecule has 7 nitrogen and oxygen atoms in total. The molecule has 1 aromatic carbocycles. The monoisotopic (exact) mass is 345 g/mol. The Labute approximate surface area is 142 Å². The molecule has 130 valence electrons. The number of benzene rings is 1. The molecule has 0 saturated carbocycles. The zero-order chi connectivity index (χ0) is 18.4. The Balaban J connectivity index is 2.23. The molecule has 0 radical (unpaired) electrons. The van der Waals surface area contributed by atoms with Crippen molar-refractivity contribution in [3.63, 3.8) is 0 Å². The molecule has 0 aliphatic carbocycles. The molecule has 2 aromatic rings. The third-order valence-electron chi connectivity index (χ3n) is 3.22. The van der Waals surface area contributed by atoms with Crippen LogP contribution in [0.5, 0.6) is 0 Å². The zero-order valence-electron chi connectivity index (χ0n) is 13.3. The van der Waals surface area contributed by atoms with E-state index in [0.29, 0.717) is 4.57 Å². The van der Waals surface area contributed by atoms with Crippen molar-refractivity contribution in [2.45, 2.75) is 13.2 Å². The minimum absolute atomic E-state index is 0.287. The van der Waals surface area contributed by atoms with Gasteiger partial charge in [0.15, 0.2) is 17.9 Å². The molecule has 1 amide bonds. The van der Waals surface area contributed by atoms with Crippen LogP contribution in [0.15, 0.2) is 59.7 Å². The van der Waals surface area contributed by atoms with E-state index in [-0.39, 0.29) is 5.56 Å². The first-order chi connectivity index (χ1) is 11.9. The number of aliphatic hydroxyl groups excluding tert-OH is 2. The number of aromatic nitrogens is 2. The first-order valence-electron chi connectivity index (χ1n) is 7.24. The van der Waals surface area contributed by atoms with Gasteiger partial charge in [0.05, 0.1) is 12.5 Å². The number of carbonyl (C=O) groups excluding carboxylic acids is 1. The highest BCUT2D eigenvalue weighted by molar-refractivity contribution is 6.03. The molecule has 1 heterocycles. The summed E-state index contributed by atoms with van der Waals surface area (Å²) in [5.41, 5.74) is 0.294. The molecule has 0 aliphatic rings. The third kappa shape index (κ3) is 4.61. The van der Waals surface area contributed by atoms with Crippen molar-refractivity contribution in [1.29, 1.82) is 0 Å². The van der Waals surface area contributed by atoms with Crippen molar-refractivity contribution in [2.24, 2.45) is 0 Å². The van der Waals surface area contributed by atoms with Crippen LogP contribution >= 0.6 is 0 Å². The topological polar surface area (TPSA) is 104 Å². The molecule has 0 bridgehead atoms. The molecular weight excluding hydrogens is 329 g/mol. The van der Waals surface area contributed by atoms with Gasteiger partial charge in [0, 0.05) is 5.56 Å². The van der Waals surface area contributed by atoms with Crippen molar-refractivity contribution in [3.05, 3.63) is 82.4 Å². The van der Waals surface area contributed by atoms with Crippen molar-refractivity contribution in [1.82, 2.24) is 9.55 Å². The maximum Gasteiger partial charge on any atom is 0.352 e. The summed E-state index contributed by atoms with van der Waals surface area (Å²) >= 11 is 0. The van der Waals surface area contributed by atoms with Gasteiger partial charge in [-0.25, -0.2) is 9.18 Å². The van der Waals surface area contributed by atoms with Gasteiger partial charge in [0.25, 0.3) is 5.91 Å². The molecule has 2 rings (SSSR count). The van der Waals surface area contributed by atoms with Crippen LogP contribution in [0.1, 0.15) is 22.1 Å². The number of rotatable bonds is 5. The summed E-state index contributed by atoms with van der Waals surface area (Å²) in [7, 11) is 0. The number of nitrogens with one attached hydrogen (secondary N) is 1. The van der Waals surface area contributed by atoms with E-state index in [1.807, 2.05) is 6.92 Å². The van der Waals surface area contributed by atoms with Gasteiger partial charge >= 0.3 is 5.69 Å². The van der Waals surface area contributed by atoms with Crippen LogP contribution in [-0.4, -0.2) is 25.7 Å². The van der Waals surface area contributed by atoms with E-state index in [9.17, 15) is 19.1 Å². The van der Waals surface area contributed by atoms with Crippen molar-refractivity contribution >= 4 is 11.7 Å². The van der Waals surface area contributed by atoms with Crippen molar-refractivity contribution in [3.8, 4) is 0 Å². The molecule has 1 atom stereocenters. The van der Waals surface area contributed by atoms with Crippen LogP contribution < -0.4 is 11.0 Å². The number of hydrogen-bond acceptors (Lipinski definition) is 5. The highest BCUT2D eigenvalue weighted by Gasteiger charge is 2.15. The fourth-order valence-electron chi connectivity index (χ4n) is 1.91. The second kappa shape index (κ2) is 8.02. The number of carbonyl (C=O) groups is 1. The average Bonchev–Trinajstić information content (AvgIpc) is 2.58. The molecular formula is C17H16FN3O4. The minimum Gasteiger partial charge on any atom is -0.516 e. The second-order valence-electron chi connectivity index (χ2n) is 5.09. The number of anilines is 1. The molecule has 3 N–H and O–H groups in total. The average molecular weight is 345 g/mol. The van der Waals surface area contributed by atoms with Gasteiger partial charge in [-0.1, -0.05) is 23.8 Å². The quantitative estimate of drug-likeness (QED) is 0.568. The Hall–Kier alpha value is -3.26. The molecule has 1 unspecified atom stereocenters. The highest BCUT2D eigenvalue weighted by Crippen LogP contribution is 2.12. The number of aliphatic hydroxyl groups is 2. The Morgan fingerprint density at radius 3 is 2.64 bits per heavy atom. The molecule has 25 heavy (non-hydrogen) atoms. The van der Waals surface area contributed by atoms with Crippen LogP contribution in [0.2, 0.25) is 0 Å². The summed E-state index contributed by atoms with van der Waals surface area (Å²) in [6.45, 7) is 1.86. The largest absolute Gasteiger partial charge is 0.516 e. The van der Waals surface area contributed by atoms with E-state index >= 15 is 0 Å². The Kier molecular flexibility index (Phi) is 5.80. The lowest BCUT2D eigenvalue weighted by Gasteiger charge is -2.11. The maximum atomic E-state index is 14.1. The molecule has 0 aliphatic heterocycles. The van der Waals surface area contributed by atoms with Gasteiger partial charge in [0.1, 0.15) is 0 Å². The number of amides is 1. The summed E-state index contributed by atoms with van der Waals surface area (Å²) < 4.78 is 14.7. The molecule has 1 aromatic heterocycles.